The molecule has 1 aromatic heterocycles. The fourth-order valence-corrected chi connectivity index (χ4v) is 4.14. The van der Waals surface area contributed by atoms with Gasteiger partial charge in [0.15, 0.2) is 11.5 Å². The van der Waals surface area contributed by atoms with Gasteiger partial charge in [0.25, 0.3) is 0 Å². The number of halogens is 2. The Kier molecular flexibility index (Phi) is 7.22. The van der Waals surface area contributed by atoms with Gasteiger partial charge in [-0.05, 0) is 29.1 Å². The van der Waals surface area contributed by atoms with Crippen LogP contribution in [0.5, 0.6) is 17.2 Å². The van der Waals surface area contributed by atoms with Crippen LogP contribution in [0, 0.1) is 0 Å². The lowest BCUT2D eigenvalue weighted by Gasteiger charge is -2.35. The standard InChI is InChI=1S/C17H20N2O3S.2ClH/c1-20-13-9-12(10-14-17(13)22-11-21-14)16(15-3-2-8-23-15)19-6-4-18-5-7-19;;/h2-3,8-10,16,18H,4-7,11H2,1H3;2*1H/t16-;;/m1../s1. The van der Waals surface area contributed by atoms with Crippen molar-refractivity contribution in [2.75, 3.05) is 40.1 Å². The molecule has 4 rings (SSSR count). The van der Waals surface area contributed by atoms with Crippen molar-refractivity contribution in [1.29, 1.82) is 0 Å². The van der Waals surface area contributed by atoms with Gasteiger partial charge in [0.1, 0.15) is 0 Å². The molecule has 2 aromatic rings. The monoisotopic (exact) mass is 404 g/mol. The van der Waals surface area contributed by atoms with Gasteiger partial charge in [0, 0.05) is 31.1 Å². The Bertz CT molecular complexity index is 679. The van der Waals surface area contributed by atoms with Crippen molar-refractivity contribution in [3.8, 4) is 17.2 Å². The van der Waals surface area contributed by atoms with Crippen molar-refractivity contribution in [3.63, 3.8) is 0 Å². The average molecular weight is 405 g/mol. The van der Waals surface area contributed by atoms with E-state index < -0.39 is 0 Å². The smallest absolute Gasteiger partial charge is 0.231 e. The number of fused-ring (bicyclic) bond motifs is 1. The number of nitrogens with one attached hydrogen (secondary N) is 1. The molecule has 0 saturated carbocycles. The summed E-state index contributed by atoms with van der Waals surface area (Å²) in [6.07, 6.45) is 0. The predicted octanol–water partition coefficient (Wildman–Crippen LogP) is 3.32. The molecule has 0 spiro atoms. The summed E-state index contributed by atoms with van der Waals surface area (Å²) in [5, 5.41) is 5.56. The molecule has 0 radical (unpaired) electrons. The molecule has 0 amide bonds. The summed E-state index contributed by atoms with van der Waals surface area (Å²) in [4.78, 5) is 3.85. The van der Waals surface area contributed by atoms with Gasteiger partial charge in [-0.2, -0.15) is 0 Å². The molecule has 3 heterocycles. The van der Waals surface area contributed by atoms with Gasteiger partial charge in [-0.15, -0.1) is 36.2 Å². The highest BCUT2D eigenvalue weighted by Crippen LogP contribution is 2.45. The molecular formula is C17H22Cl2N2O3S. The van der Waals surface area contributed by atoms with Crippen LogP contribution in [0.2, 0.25) is 0 Å². The number of piperazine rings is 1. The van der Waals surface area contributed by atoms with Gasteiger partial charge in [0.05, 0.1) is 13.2 Å². The first-order valence-electron chi connectivity index (χ1n) is 7.82. The average Bonchev–Trinajstić information content (AvgIpc) is 3.27. The SMILES string of the molecule is COc1cc([C@H](c2cccs2)N2CCNCC2)cc2c1OCO2.Cl.Cl. The van der Waals surface area contributed by atoms with Crippen LogP contribution >= 0.6 is 36.2 Å². The Morgan fingerprint density at radius 2 is 2.00 bits per heavy atom. The largest absolute Gasteiger partial charge is 0.493 e. The number of benzene rings is 1. The number of nitrogens with zero attached hydrogens (tertiary/aromatic N) is 1. The van der Waals surface area contributed by atoms with E-state index in [0.717, 1.165) is 37.7 Å². The lowest BCUT2D eigenvalue weighted by Crippen LogP contribution is -2.45. The summed E-state index contributed by atoms with van der Waals surface area (Å²) in [6.45, 7) is 4.35. The van der Waals surface area contributed by atoms with E-state index >= 15 is 0 Å². The van der Waals surface area contributed by atoms with Crippen LogP contribution in [0.25, 0.3) is 0 Å². The Balaban J connectivity index is 0.00000113. The van der Waals surface area contributed by atoms with Crippen molar-refractivity contribution in [3.05, 3.63) is 40.1 Å². The molecule has 25 heavy (non-hydrogen) atoms. The lowest BCUT2D eigenvalue weighted by molar-refractivity contribution is 0.171. The molecule has 1 aromatic carbocycles. The van der Waals surface area contributed by atoms with Crippen LogP contribution in [-0.2, 0) is 0 Å². The van der Waals surface area contributed by atoms with Gasteiger partial charge < -0.3 is 19.5 Å². The number of ether oxygens (including phenoxy) is 3. The van der Waals surface area contributed by atoms with E-state index in [0.29, 0.717) is 5.75 Å². The molecule has 0 aliphatic carbocycles. The Hall–Kier alpha value is -1.18. The quantitative estimate of drug-likeness (QED) is 0.846. The van der Waals surface area contributed by atoms with Gasteiger partial charge >= 0.3 is 0 Å². The second-order valence-corrected chi connectivity index (χ2v) is 6.64. The fraction of sp³-hybridized carbons (Fsp3) is 0.412. The van der Waals surface area contributed by atoms with Gasteiger partial charge in [-0.25, -0.2) is 0 Å². The van der Waals surface area contributed by atoms with Crippen LogP contribution in [0.4, 0.5) is 0 Å². The first kappa shape index (κ1) is 20.1. The minimum Gasteiger partial charge on any atom is -0.493 e. The summed E-state index contributed by atoms with van der Waals surface area (Å²) in [6, 6.07) is 8.71. The molecule has 1 N–H and O–H groups in total. The van der Waals surface area contributed by atoms with Crippen molar-refractivity contribution < 1.29 is 14.2 Å². The highest BCUT2D eigenvalue weighted by molar-refractivity contribution is 7.10. The zero-order valence-corrected chi connectivity index (χ0v) is 16.3. The van der Waals surface area contributed by atoms with Crippen LogP contribution < -0.4 is 19.5 Å². The molecular weight excluding hydrogens is 383 g/mol. The maximum atomic E-state index is 5.61. The number of hydrogen-bond acceptors (Lipinski definition) is 6. The molecule has 8 heteroatoms. The molecule has 0 bridgehead atoms. The van der Waals surface area contributed by atoms with Crippen molar-refractivity contribution in [2.24, 2.45) is 0 Å². The second kappa shape index (κ2) is 8.96. The summed E-state index contributed by atoms with van der Waals surface area (Å²) < 4.78 is 16.7. The van der Waals surface area contributed by atoms with Crippen molar-refractivity contribution in [1.82, 2.24) is 10.2 Å². The van der Waals surface area contributed by atoms with Gasteiger partial charge in [0.2, 0.25) is 12.5 Å². The number of methoxy groups -OCH3 is 1. The topological polar surface area (TPSA) is 43.0 Å². The third kappa shape index (κ3) is 3.99. The minimum atomic E-state index is 0. The summed E-state index contributed by atoms with van der Waals surface area (Å²) in [5.74, 6) is 2.23. The number of hydrogen-bond donors (Lipinski definition) is 1. The molecule has 1 fully saturated rings. The van der Waals surface area contributed by atoms with E-state index in [9.17, 15) is 0 Å². The third-order valence-corrected chi connectivity index (χ3v) is 5.25. The summed E-state index contributed by atoms with van der Waals surface area (Å²) in [5.41, 5.74) is 1.19. The Morgan fingerprint density at radius 1 is 1.20 bits per heavy atom. The molecule has 1 saturated heterocycles. The fourth-order valence-electron chi connectivity index (χ4n) is 3.25. The zero-order valence-electron chi connectivity index (χ0n) is 13.9. The Labute approximate surface area is 164 Å². The van der Waals surface area contributed by atoms with E-state index in [1.807, 2.05) is 0 Å². The zero-order chi connectivity index (χ0) is 15.6. The maximum absolute atomic E-state index is 5.61. The van der Waals surface area contributed by atoms with Crippen LogP contribution in [0.15, 0.2) is 29.6 Å². The van der Waals surface area contributed by atoms with Crippen molar-refractivity contribution >= 4 is 36.2 Å². The molecule has 5 nitrogen and oxygen atoms in total. The highest BCUT2D eigenvalue weighted by Gasteiger charge is 2.28. The molecule has 1 atom stereocenters. The maximum Gasteiger partial charge on any atom is 0.231 e. The van der Waals surface area contributed by atoms with E-state index in [1.165, 1.54) is 10.4 Å². The molecule has 2 aliphatic rings. The number of thiophene rings is 1. The third-order valence-electron chi connectivity index (χ3n) is 4.33. The first-order valence-corrected chi connectivity index (χ1v) is 8.70. The predicted molar refractivity (Wildman–Crippen MR) is 104 cm³/mol. The van der Waals surface area contributed by atoms with E-state index in [-0.39, 0.29) is 37.6 Å². The summed E-state index contributed by atoms with van der Waals surface area (Å²) >= 11 is 1.79. The first-order chi connectivity index (χ1) is 11.4. The van der Waals surface area contributed by atoms with Gasteiger partial charge in [-0.3, -0.25) is 4.90 Å². The van der Waals surface area contributed by atoms with Crippen molar-refractivity contribution in [2.45, 2.75) is 6.04 Å². The van der Waals surface area contributed by atoms with Crippen LogP contribution in [0.1, 0.15) is 16.5 Å². The lowest BCUT2D eigenvalue weighted by atomic mass is 10.0. The van der Waals surface area contributed by atoms with E-state index in [1.54, 1.807) is 18.4 Å². The highest BCUT2D eigenvalue weighted by atomic mass is 35.5. The van der Waals surface area contributed by atoms with E-state index in [2.05, 4.69) is 39.9 Å². The molecule has 0 unspecified atom stereocenters. The molecule has 2 aliphatic heterocycles. The molecule has 138 valence electrons. The normalized spacial score (nSPS) is 17.3. The second-order valence-electron chi connectivity index (χ2n) is 5.66. The Morgan fingerprint density at radius 3 is 2.68 bits per heavy atom. The van der Waals surface area contributed by atoms with Crippen LogP contribution in [0.3, 0.4) is 0 Å². The van der Waals surface area contributed by atoms with Gasteiger partial charge in [-0.1, -0.05) is 6.07 Å². The summed E-state index contributed by atoms with van der Waals surface area (Å²) in [7, 11) is 1.67. The van der Waals surface area contributed by atoms with Crippen LogP contribution in [-0.4, -0.2) is 45.0 Å². The minimum absolute atomic E-state index is 0. The van der Waals surface area contributed by atoms with E-state index in [4.69, 9.17) is 14.2 Å². The number of rotatable bonds is 4.